The number of hydrogen-bond donors (Lipinski definition) is 0. The summed E-state index contributed by atoms with van der Waals surface area (Å²) in [4.78, 5) is 7.45. The van der Waals surface area contributed by atoms with Crippen molar-refractivity contribution in [2.45, 2.75) is 32.2 Å². The molecule has 0 saturated carbocycles. The normalized spacial score (nSPS) is 16.9. The molecule has 0 spiro atoms. The Balaban J connectivity index is 1.43. The number of benzene rings is 1. The number of nitrogens with zero attached hydrogens (tertiary/aromatic N) is 3. The average molecular weight is 305 g/mol. The largest absolute Gasteiger partial charge is 0.307 e. The van der Waals surface area contributed by atoms with Gasteiger partial charge in [-0.05, 0) is 50.0 Å². The molecule has 2 aromatic heterocycles. The van der Waals surface area contributed by atoms with Gasteiger partial charge in [-0.25, -0.2) is 4.98 Å². The highest BCUT2D eigenvalue weighted by atomic mass is 15.1. The molecule has 0 amide bonds. The van der Waals surface area contributed by atoms with Crippen LogP contribution in [0.3, 0.4) is 0 Å². The summed E-state index contributed by atoms with van der Waals surface area (Å²) in [6.07, 6.45) is 6.73. The second-order valence-electron chi connectivity index (χ2n) is 6.62. The number of fused-ring (bicyclic) bond motifs is 1. The van der Waals surface area contributed by atoms with Crippen molar-refractivity contribution in [3.8, 4) is 0 Å². The first-order chi connectivity index (χ1) is 11.3. The Bertz CT molecular complexity index is 783. The van der Waals surface area contributed by atoms with Crippen molar-refractivity contribution in [3.05, 3.63) is 71.7 Å². The van der Waals surface area contributed by atoms with Crippen LogP contribution in [0.5, 0.6) is 0 Å². The number of hydrogen-bond acceptors (Lipinski definition) is 2. The Hall–Kier alpha value is -2.13. The summed E-state index contributed by atoms with van der Waals surface area (Å²) in [6.45, 7) is 5.52. The van der Waals surface area contributed by atoms with Crippen LogP contribution < -0.4 is 0 Å². The van der Waals surface area contributed by atoms with Crippen molar-refractivity contribution in [1.29, 1.82) is 0 Å². The van der Waals surface area contributed by atoms with Crippen LogP contribution in [0.4, 0.5) is 0 Å². The van der Waals surface area contributed by atoms with Crippen molar-refractivity contribution >= 4 is 5.65 Å². The van der Waals surface area contributed by atoms with E-state index in [4.69, 9.17) is 4.98 Å². The van der Waals surface area contributed by atoms with Crippen LogP contribution in [0.15, 0.2) is 54.9 Å². The lowest BCUT2D eigenvalue weighted by molar-refractivity contribution is 0.203. The Morgan fingerprint density at radius 3 is 2.57 bits per heavy atom. The molecule has 1 aliphatic rings. The minimum atomic E-state index is 0.598. The molecule has 3 aromatic rings. The van der Waals surface area contributed by atoms with E-state index < -0.39 is 0 Å². The van der Waals surface area contributed by atoms with Crippen LogP contribution in [0, 0.1) is 6.92 Å². The molecule has 3 heteroatoms. The molecule has 23 heavy (non-hydrogen) atoms. The zero-order valence-electron chi connectivity index (χ0n) is 13.7. The molecule has 3 heterocycles. The van der Waals surface area contributed by atoms with Crippen LogP contribution >= 0.6 is 0 Å². The maximum atomic E-state index is 4.89. The Labute approximate surface area is 137 Å². The average Bonchev–Trinajstić information content (AvgIpc) is 3.02. The molecule has 1 saturated heterocycles. The highest BCUT2D eigenvalue weighted by molar-refractivity contribution is 5.48. The highest BCUT2D eigenvalue weighted by Crippen LogP contribution is 2.28. The molecule has 0 unspecified atom stereocenters. The van der Waals surface area contributed by atoms with Crippen molar-refractivity contribution in [2.24, 2.45) is 0 Å². The quantitative estimate of drug-likeness (QED) is 0.728. The van der Waals surface area contributed by atoms with E-state index in [0.29, 0.717) is 5.92 Å². The van der Waals surface area contributed by atoms with Crippen LogP contribution in [-0.4, -0.2) is 27.4 Å². The molecule has 0 aliphatic carbocycles. The van der Waals surface area contributed by atoms with Gasteiger partial charge in [0.2, 0.25) is 0 Å². The molecular formula is C20H23N3. The molecule has 1 fully saturated rings. The summed E-state index contributed by atoms with van der Waals surface area (Å²) in [6, 6.07) is 15.0. The fraction of sp³-hybridized carbons (Fsp3) is 0.350. The van der Waals surface area contributed by atoms with Crippen molar-refractivity contribution < 1.29 is 0 Å². The van der Waals surface area contributed by atoms with Gasteiger partial charge in [-0.15, -0.1) is 0 Å². The monoisotopic (exact) mass is 305 g/mol. The Kier molecular flexibility index (Phi) is 3.88. The van der Waals surface area contributed by atoms with E-state index in [9.17, 15) is 0 Å². The maximum Gasteiger partial charge on any atom is 0.139 e. The number of rotatable bonds is 3. The van der Waals surface area contributed by atoms with E-state index in [1.54, 1.807) is 0 Å². The zero-order chi connectivity index (χ0) is 15.6. The number of imidazole rings is 1. The van der Waals surface area contributed by atoms with Gasteiger partial charge in [0.15, 0.2) is 0 Å². The summed E-state index contributed by atoms with van der Waals surface area (Å²) < 4.78 is 2.17. The van der Waals surface area contributed by atoms with E-state index in [0.717, 1.165) is 25.3 Å². The van der Waals surface area contributed by atoms with Gasteiger partial charge in [-0.1, -0.05) is 36.4 Å². The second kappa shape index (κ2) is 6.17. The molecule has 0 radical (unpaired) electrons. The Morgan fingerprint density at radius 2 is 1.83 bits per heavy atom. The third-order valence-corrected chi connectivity index (χ3v) is 4.95. The van der Waals surface area contributed by atoms with E-state index in [1.807, 2.05) is 0 Å². The molecule has 118 valence electrons. The first-order valence-electron chi connectivity index (χ1n) is 8.50. The topological polar surface area (TPSA) is 20.5 Å². The second-order valence-corrected chi connectivity index (χ2v) is 6.62. The fourth-order valence-electron chi connectivity index (χ4n) is 3.60. The number of aryl methyl sites for hydroxylation is 1. The zero-order valence-corrected chi connectivity index (χ0v) is 13.7. The lowest BCUT2D eigenvalue weighted by atomic mass is 9.94. The lowest BCUT2D eigenvalue weighted by Gasteiger charge is -2.31. The van der Waals surface area contributed by atoms with Gasteiger partial charge in [-0.2, -0.15) is 0 Å². The van der Waals surface area contributed by atoms with Gasteiger partial charge in [0.1, 0.15) is 5.65 Å². The summed E-state index contributed by atoms with van der Waals surface area (Å²) in [5.74, 6) is 0.598. The van der Waals surface area contributed by atoms with Gasteiger partial charge < -0.3 is 4.40 Å². The van der Waals surface area contributed by atoms with Crippen LogP contribution in [0.1, 0.15) is 35.6 Å². The molecular weight excluding hydrogens is 282 g/mol. The molecule has 4 rings (SSSR count). The SMILES string of the molecule is Cc1cccn2cc(C3CCN(Cc4ccccc4)CC3)nc12. The first-order valence-corrected chi connectivity index (χ1v) is 8.50. The predicted octanol–water partition coefficient (Wildman–Crippen LogP) is 4.02. The van der Waals surface area contributed by atoms with Crippen molar-refractivity contribution in [3.63, 3.8) is 0 Å². The molecule has 1 aliphatic heterocycles. The third kappa shape index (κ3) is 3.02. The van der Waals surface area contributed by atoms with Crippen molar-refractivity contribution in [2.75, 3.05) is 13.1 Å². The summed E-state index contributed by atoms with van der Waals surface area (Å²) >= 11 is 0. The van der Waals surface area contributed by atoms with Crippen molar-refractivity contribution in [1.82, 2.24) is 14.3 Å². The van der Waals surface area contributed by atoms with Crippen LogP contribution in [-0.2, 0) is 6.54 Å². The predicted molar refractivity (Wildman–Crippen MR) is 93.6 cm³/mol. The van der Waals surface area contributed by atoms with E-state index in [2.05, 4.69) is 71.1 Å². The highest BCUT2D eigenvalue weighted by Gasteiger charge is 2.22. The molecule has 0 atom stereocenters. The lowest BCUT2D eigenvalue weighted by Crippen LogP contribution is -2.32. The van der Waals surface area contributed by atoms with Gasteiger partial charge in [0.05, 0.1) is 5.69 Å². The standard InChI is InChI=1S/C20H23N3/c1-16-6-5-11-23-15-19(21-20(16)23)18-9-12-22(13-10-18)14-17-7-3-2-4-8-17/h2-8,11,15,18H,9-10,12-14H2,1H3. The van der Waals surface area contributed by atoms with Gasteiger partial charge >= 0.3 is 0 Å². The summed E-state index contributed by atoms with van der Waals surface area (Å²) in [5, 5.41) is 0. The fourth-order valence-corrected chi connectivity index (χ4v) is 3.60. The summed E-state index contributed by atoms with van der Waals surface area (Å²) in [7, 11) is 0. The smallest absolute Gasteiger partial charge is 0.139 e. The van der Waals surface area contributed by atoms with Gasteiger partial charge in [0, 0.05) is 24.9 Å². The molecule has 0 N–H and O–H groups in total. The first kappa shape index (κ1) is 14.5. The molecule has 0 bridgehead atoms. The molecule has 3 nitrogen and oxygen atoms in total. The number of pyridine rings is 1. The maximum absolute atomic E-state index is 4.89. The van der Waals surface area contributed by atoms with E-state index in [-0.39, 0.29) is 0 Å². The Morgan fingerprint density at radius 1 is 1.04 bits per heavy atom. The van der Waals surface area contributed by atoms with Crippen LogP contribution in [0.25, 0.3) is 5.65 Å². The number of likely N-dealkylation sites (tertiary alicyclic amines) is 1. The van der Waals surface area contributed by atoms with Gasteiger partial charge in [-0.3, -0.25) is 4.90 Å². The van der Waals surface area contributed by atoms with Gasteiger partial charge in [0.25, 0.3) is 0 Å². The minimum Gasteiger partial charge on any atom is -0.307 e. The van der Waals surface area contributed by atoms with E-state index >= 15 is 0 Å². The number of piperidine rings is 1. The molecule has 1 aromatic carbocycles. The summed E-state index contributed by atoms with van der Waals surface area (Å²) in [5.41, 5.74) is 5.03. The van der Waals surface area contributed by atoms with E-state index in [1.165, 1.54) is 29.7 Å². The minimum absolute atomic E-state index is 0.598. The number of aromatic nitrogens is 2. The third-order valence-electron chi connectivity index (χ3n) is 4.95. The van der Waals surface area contributed by atoms with Crippen LogP contribution in [0.2, 0.25) is 0 Å².